The number of nitrogens with zero attached hydrogens (tertiary/aromatic N) is 2. The van der Waals surface area contributed by atoms with Gasteiger partial charge in [-0.3, -0.25) is 4.79 Å². The maximum absolute atomic E-state index is 11.2. The average molecular weight is 389 g/mol. The highest BCUT2D eigenvalue weighted by atomic mass is 35.5. The minimum Gasteiger partial charge on any atom is -0.340 e. The van der Waals surface area contributed by atoms with E-state index in [1.54, 1.807) is 0 Å². The number of benzene rings is 3. The largest absolute Gasteiger partial charge is 0.340 e. The lowest BCUT2D eigenvalue weighted by Gasteiger charge is -2.12. The number of fused-ring (bicyclic) bond motifs is 1. The topological polar surface area (TPSA) is 66.9 Å². The molecule has 0 spiro atoms. The summed E-state index contributed by atoms with van der Waals surface area (Å²) in [6, 6.07) is 22.8. The van der Waals surface area contributed by atoms with Crippen molar-refractivity contribution in [2.45, 2.75) is 6.92 Å². The van der Waals surface area contributed by atoms with E-state index in [4.69, 9.17) is 16.6 Å². The van der Waals surface area contributed by atoms with Gasteiger partial charge in [0.1, 0.15) is 5.82 Å². The van der Waals surface area contributed by atoms with Crippen LogP contribution in [0.4, 0.5) is 17.2 Å². The maximum atomic E-state index is 11.2. The molecular formula is C22H17ClN4O. The van der Waals surface area contributed by atoms with E-state index in [-0.39, 0.29) is 5.91 Å². The first-order valence-corrected chi connectivity index (χ1v) is 9.14. The van der Waals surface area contributed by atoms with Crippen LogP contribution in [0.1, 0.15) is 6.92 Å². The molecule has 0 saturated carbocycles. The summed E-state index contributed by atoms with van der Waals surface area (Å²) in [5.74, 6) is 1.23. The molecule has 0 aliphatic heterocycles. The van der Waals surface area contributed by atoms with Crippen molar-refractivity contribution in [2.75, 3.05) is 10.6 Å². The summed E-state index contributed by atoms with van der Waals surface area (Å²) in [4.78, 5) is 20.6. The minimum atomic E-state index is -0.102. The van der Waals surface area contributed by atoms with Gasteiger partial charge >= 0.3 is 0 Å². The highest BCUT2D eigenvalue weighted by molar-refractivity contribution is 6.30. The monoisotopic (exact) mass is 388 g/mol. The minimum absolute atomic E-state index is 0.102. The Hall–Kier alpha value is -3.44. The van der Waals surface area contributed by atoms with Crippen LogP contribution in [0, 0.1) is 0 Å². The fourth-order valence-corrected chi connectivity index (χ4v) is 3.00. The maximum Gasteiger partial charge on any atom is 0.221 e. The molecule has 28 heavy (non-hydrogen) atoms. The molecule has 2 N–H and O–H groups in total. The molecule has 5 nitrogen and oxygen atoms in total. The Morgan fingerprint density at radius 1 is 0.857 bits per heavy atom. The van der Waals surface area contributed by atoms with Crippen molar-refractivity contribution in [3.05, 3.63) is 77.8 Å². The zero-order valence-electron chi connectivity index (χ0n) is 15.1. The van der Waals surface area contributed by atoms with E-state index in [0.29, 0.717) is 16.7 Å². The molecule has 1 amide bonds. The van der Waals surface area contributed by atoms with Gasteiger partial charge in [0, 0.05) is 34.3 Å². The van der Waals surface area contributed by atoms with E-state index in [9.17, 15) is 4.79 Å². The number of carbonyl (C=O) groups excluding carboxylic acids is 1. The number of amides is 1. The molecule has 3 aromatic carbocycles. The second-order valence-electron chi connectivity index (χ2n) is 6.30. The first-order valence-electron chi connectivity index (χ1n) is 8.76. The summed E-state index contributed by atoms with van der Waals surface area (Å²) in [6.45, 7) is 1.48. The fraction of sp³-hybridized carbons (Fsp3) is 0.0455. The standard InChI is InChI=1S/C22H17ClN4O/c1-14(28)24-17-10-12-18(13-11-17)25-22-19-4-2-3-5-20(19)26-21(27-22)15-6-8-16(23)9-7-15/h2-13H,1H3,(H,24,28)(H,25,26,27). The molecule has 0 radical (unpaired) electrons. The van der Waals surface area contributed by atoms with Crippen molar-refractivity contribution in [3.8, 4) is 11.4 Å². The Kier molecular flexibility index (Phi) is 4.91. The molecule has 138 valence electrons. The predicted octanol–water partition coefficient (Wildman–Crippen LogP) is 5.65. The number of halogens is 1. The van der Waals surface area contributed by atoms with E-state index in [1.165, 1.54) is 6.92 Å². The summed E-state index contributed by atoms with van der Waals surface area (Å²) in [5.41, 5.74) is 3.34. The van der Waals surface area contributed by atoms with Gasteiger partial charge in [0.2, 0.25) is 5.91 Å². The second-order valence-corrected chi connectivity index (χ2v) is 6.74. The second kappa shape index (κ2) is 7.66. The van der Waals surface area contributed by atoms with E-state index in [0.717, 1.165) is 27.8 Å². The normalized spacial score (nSPS) is 10.6. The Morgan fingerprint density at radius 2 is 1.54 bits per heavy atom. The molecule has 1 aromatic heterocycles. The highest BCUT2D eigenvalue weighted by Crippen LogP contribution is 2.28. The van der Waals surface area contributed by atoms with Gasteiger partial charge in [-0.1, -0.05) is 23.7 Å². The summed E-state index contributed by atoms with van der Waals surface area (Å²) >= 11 is 6.00. The van der Waals surface area contributed by atoms with Crippen molar-refractivity contribution < 1.29 is 4.79 Å². The van der Waals surface area contributed by atoms with Crippen LogP contribution in [0.15, 0.2) is 72.8 Å². The van der Waals surface area contributed by atoms with E-state index < -0.39 is 0 Å². The fourth-order valence-electron chi connectivity index (χ4n) is 2.88. The Morgan fingerprint density at radius 3 is 2.25 bits per heavy atom. The summed E-state index contributed by atoms with van der Waals surface area (Å²) < 4.78 is 0. The number of rotatable bonds is 4. The van der Waals surface area contributed by atoms with Gasteiger partial charge < -0.3 is 10.6 Å². The van der Waals surface area contributed by atoms with Crippen LogP contribution in [-0.2, 0) is 4.79 Å². The molecule has 1 heterocycles. The van der Waals surface area contributed by atoms with E-state index >= 15 is 0 Å². The van der Waals surface area contributed by atoms with Crippen LogP contribution in [0.2, 0.25) is 5.02 Å². The van der Waals surface area contributed by atoms with Gasteiger partial charge in [0.05, 0.1) is 5.52 Å². The van der Waals surface area contributed by atoms with Gasteiger partial charge in [0.15, 0.2) is 5.82 Å². The smallest absolute Gasteiger partial charge is 0.221 e. The Labute approximate surface area is 167 Å². The van der Waals surface area contributed by atoms with Crippen molar-refractivity contribution in [1.82, 2.24) is 9.97 Å². The molecule has 0 aliphatic carbocycles. The third-order valence-electron chi connectivity index (χ3n) is 4.17. The average Bonchev–Trinajstić information content (AvgIpc) is 2.69. The van der Waals surface area contributed by atoms with Crippen LogP contribution < -0.4 is 10.6 Å². The molecule has 0 bridgehead atoms. The Balaban J connectivity index is 1.73. The Bertz CT molecular complexity index is 1140. The molecule has 0 unspecified atom stereocenters. The van der Waals surface area contributed by atoms with E-state index in [1.807, 2.05) is 72.8 Å². The number of para-hydroxylation sites is 1. The molecule has 4 aromatic rings. The van der Waals surface area contributed by atoms with Crippen molar-refractivity contribution >= 4 is 45.6 Å². The van der Waals surface area contributed by atoms with Crippen molar-refractivity contribution in [2.24, 2.45) is 0 Å². The predicted molar refractivity (Wildman–Crippen MR) is 114 cm³/mol. The molecular weight excluding hydrogens is 372 g/mol. The van der Waals surface area contributed by atoms with Crippen LogP contribution in [0.3, 0.4) is 0 Å². The lowest BCUT2D eigenvalue weighted by atomic mass is 10.1. The molecule has 6 heteroatoms. The molecule has 0 saturated heterocycles. The van der Waals surface area contributed by atoms with Crippen LogP contribution in [0.5, 0.6) is 0 Å². The zero-order valence-corrected chi connectivity index (χ0v) is 15.9. The summed E-state index contributed by atoms with van der Waals surface area (Å²) in [7, 11) is 0. The number of anilines is 3. The number of carbonyl (C=O) groups is 1. The first kappa shape index (κ1) is 17.9. The summed E-state index contributed by atoms with van der Waals surface area (Å²) in [6.07, 6.45) is 0. The number of hydrogen-bond acceptors (Lipinski definition) is 4. The van der Waals surface area contributed by atoms with Gasteiger partial charge in [0.25, 0.3) is 0 Å². The molecule has 0 aliphatic rings. The number of nitrogens with one attached hydrogen (secondary N) is 2. The lowest BCUT2D eigenvalue weighted by Crippen LogP contribution is -2.05. The van der Waals surface area contributed by atoms with Gasteiger partial charge in [-0.15, -0.1) is 0 Å². The summed E-state index contributed by atoms with van der Waals surface area (Å²) in [5, 5.41) is 7.71. The van der Waals surface area contributed by atoms with Crippen molar-refractivity contribution in [3.63, 3.8) is 0 Å². The first-order chi connectivity index (χ1) is 13.6. The quantitative estimate of drug-likeness (QED) is 0.474. The third kappa shape index (κ3) is 3.94. The van der Waals surface area contributed by atoms with Gasteiger partial charge in [-0.2, -0.15) is 0 Å². The number of hydrogen-bond donors (Lipinski definition) is 2. The lowest BCUT2D eigenvalue weighted by molar-refractivity contribution is -0.114. The molecule has 0 atom stereocenters. The van der Waals surface area contributed by atoms with Gasteiger partial charge in [-0.25, -0.2) is 9.97 Å². The zero-order chi connectivity index (χ0) is 19.5. The molecule has 4 rings (SSSR count). The third-order valence-corrected chi connectivity index (χ3v) is 4.43. The van der Waals surface area contributed by atoms with Crippen LogP contribution >= 0.6 is 11.6 Å². The van der Waals surface area contributed by atoms with Gasteiger partial charge in [-0.05, 0) is 60.7 Å². The highest BCUT2D eigenvalue weighted by Gasteiger charge is 2.10. The van der Waals surface area contributed by atoms with Crippen LogP contribution in [-0.4, -0.2) is 15.9 Å². The SMILES string of the molecule is CC(=O)Nc1ccc(Nc2nc(-c3ccc(Cl)cc3)nc3ccccc23)cc1. The van der Waals surface area contributed by atoms with Crippen LogP contribution in [0.25, 0.3) is 22.3 Å². The van der Waals surface area contributed by atoms with E-state index in [2.05, 4.69) is 15.6 Å². The van der Waals surface area contributed by atoms with Crippen molar-refractivity contribution in [1.29, 1.82) is 0 Å². The molecule has 0 fully saturated rings. The number of aromatic nitrogens is 2.